The Bertz CT molecular complexity index is 1050. The summed E-state index contributed by atoms with van der Waals surface area (Å²) in [5.74, 6) is 0.227. The van der Waals surface area contributed by atoms with Crippen molar-refractivity contribution in [3.05, 3.63) is 64.1 Å². The zero-order valence-corrected chi connectivity index (χ0v) is 18.1. The van der Waals surface area contributed by atoms with Crippen molar-refractivity contribution in [1.82, 2.24) is 10.2 Å². The van der Waals surface area contributed by atoms with E-state index in [0.29, 0.717) is 4.47 Å². The lowest BCUT2D eigenvalue weighted by Crippen LogP contribution is -2.13. The van der Waals surface area contributed by atoms with Crippen molar-refractivity contribution in [2.45, 2.75) is 38.0 Å². The molecule has 0 bridgehead atoms. The summed E-state index contributed by atoms with van der Waals surface area (Å²) < 4.78 is 28.3. The van der Waals surface area contributed by atoms with E-state index in [0.717, 1.165) is 16.8 Å². The average molecular weight is 448 g/mol. The van der Waals surface area contributed by atoms with E-state index in [9.17, 15) is 8.42 Å². The van der Waals surface area contributed by atoms with Crippen LogP contribution in [0.2, 0.25) is 0 Å². The zero-order chi connectivity index (χ0) is 19.8. The molecule has 0 unspecified atom stereocenters. The van der Waals surface area contributed by atoms with Crippen LogP contribution in [0.4, 0.5) is 5.82 Å². The third-order valence-electron chi connectivity index (χ3n) is 4.31. The highest BCUT2D eigenvalue weighted by Gasteiger charge is 2.20. The van der Waals surface area contributed by atoms with E-state index in [1.165, 1.54) is 5.56 Å². The van der Waals surface area contributed by atoms with Crippen LogP contribution in [0, 0.1) is 6.92 Å². The summed E-state index contributed by atoms with van der Waals surface area (Å²) in [6.45, 7) is 8.38. The Labute approximate surface area is 168 Å². The molecule has 1 aromatic heterocycles. The molecule has 0 fully saturated rings. The van der Waals surface area contributed by atoms with Crippen molar-refractivity contribution in [3.8, 4) is 11.3 Å². The maximum absolute atomic E-state index is 12.6. The molecule has 3 aromatic rings. The predicted molar refractivity (Wildman–Crippen MR) is 112 cm³/mol. The molecule has 0 aliphatic heterocycles. The predicted octanol–water partition coefficient (Wildman–Crippen LogP) is 5.25. The van der Waals surface area contributed by atoms with Gasteiger partial charge in [0, 0.05) is 5.56 Å². The lowest BCUT2D eigenvalue weighted by molar-refractivity contribution is 0.590. The molecular formula is C20H22BrN3O2S. The lowest BCUT2D eigenvalue weighted by Gasteiger charge is -2.19. The monoisotopic (exact) mass is 447 g/mol. The maximum Gasteiger partial charge on any atom is 0.263 e. The Hall–Kier alpha value is -2.12. The largest absolute Gasteiger partial charge is 0.275 e. The molecule has 7 heteroatoms. The van der Waals surface area contributed by atoms with Crippen LogP contribution in [0.15, 0.2) is 57.9 Å². The second-order valence-corrected chi connectivity index (χ2v) is 9.98. The summed E-state index contributed by atoms with van der Waals surface area (Å²) in [7, 11) is -3.71. The van der Waals surface area contributed by atoms with Crippen molar-refractivity contribution < 1.29 is 8.42 Å². The third kappa shape index (κ3) is 4.25. The van der Waals surface area contributed by atoms with E-state index < -0.39 is 10.0 Å². The molecule has 2 N–H and O–H groups in total. The fraction of sp³-hybridized carbons (Fsp3) is 0.250. The van der Waals surface area contributed by atoms with Gasteiger partial charge in [0.2, 0.25) is 0 Å². The number of aryl methyl sites for hydroxylation is 1. The molecule has 3 rings (SSSR count). The van der Waals surface area contributed by atoms with E-state index in [-0.39, 0.29) is 16.1 Å². The molecule has 27 heavy (non-hydrogen) atoms. The quantitative estimate of drug-likeness (QED) is 0.573. The fourth-order valence-electron chi connectivity index (χ4n) is 2.63. The number of halogens is 1. The number of rotatable bonds is 4. The molecule has 0 aliphatic carbocycles. The van der Waals surface area contributed by atoms with Crippen molar-refractivity contribution >= 4 is 31.8 Å². The molecule has 1 heterocycles. The van der Waals surface area contributed by atoms with Crippen LogP contribution in [-0.2, 0) is 15.4 Å². The highest BCUT2D eigenvalue weighted by atomic mass is 79.9. The molecular weight excluding hydrogens is 426 g/mol. The van der Waals surface area contributed by atoms with Crippen LogP contribution in [0.1, 0.15) is 31.9 Å². The minimum Gasteiger partial charge on any atom is -0.275 e. The maximum atomic E-state index is 12.6. The van der Waals surface area contributed by atoms with Gasteiger partial charge in [0.05, 0.1) is 15.1 Å². The van der Waals surface area contributed by atoms with Crippen molar-refractivity contribution in [1.29, 1.82) is 0 Å². The van der Waals surface area contributed by atoms with Gasteiger partial charge in [-0.3, -0.25) is 9.82 Å². The highest BCUT2D eigenvalue weighted by molar-refractivity contribution is 9.10. The summed E-state index contributed by atoms with van der Waals surface area (Å²) in [5.41, 5.74) is 3.93. The topological polar surface area (TPSA) is 74.8 Å². The van der Waals surface area contributed by atoms with E-state index in [1.54, 1.807) is 24.3 Å². The molecule has 0 saturated heterocycles. The third-order valence-corrected chi connectivity index (χ3v) is 6.44. The zero-order valence-electron chi connectivity index (χ0n) is 15.7. The first kappa shape index (κ1) is 19.6. The highest BCUT2D eigenvalue weighted by Crippen LogP contribution is 2.34. The Morgan fingerprint density at radius 3 is 2.15 bits per heavy atom. The molecule has 2 aromatic carbocycles. The second kappa shape index (κ2) is 7.13. The van der Waals surface area contributed by atoms with Gasteiger partial charge in [-0.05, 0) is 46.0 Å². The molecule has 0 radical (unpaired) electrons. The lowest BCUT2D eigenvalue weighted by atomic mass is 9.86. The molecule has 0 aliphatic rings. The van der Waals surface area contributed by atoms with Crippen LogP contribution in [0.5, 0.6) is 0 Å². The number of aromatic amines is 1. The summed E-state index contributed by atoms with van der Waals surface area (Å²) in [4.78, 5) is 0.194. The van der Waals surface area contributed by atoms with Gasteiger partial charge in [-0.25, -0.2) is 8.42 Å². The van der Waals surface area contributed by atoms with Gasteiger partial charge in [0.1, 0.15) is 0 Å². The van der Waals surface area contributed by atoms with Crippen LogP contribution in [0.25, 0.3) is 11.3 Å². The van der Waals surface area contributed by atoms with Crippen LogP contribution in [0.3, 0.4) is 0 Å². The number of aromatic nitrogens is 2. The summed E-state index contributed by atoms with van der Waals surface area (Å²) in [5, 5.41) is 7.04. The smallest absolute Gasteiger partial charge is 0.263 e. The van der Waals surface area contributed by atoms with Crippen molar-refractivity contribution in [2.24, 2.45) is 0 Å². The Morgan fingerprint density at radius 2 is 1.59 bits per heavy atom. The second-order valence-electron chi connectivity index (χ2n) is 7.51. The molecule has 0 spiro atoms. The number of hydrogen-bond donors (Lipinski definition) is 2. The molecule has 5 nitrogen and oxygen atoms in total. The van der Waals surface area contributed by atoms with Crippen LogP contribution >= 0.6 is 15.9 Å². The normalized spacial score (nSPS) is 12.2. The minimum absolute atomic E-state index is 0.0680. The Balaban J connectivity index is 1.88. The summed E-state index contributed by atoms with van der Waals surface area (Å²) >= 11 is 3.46. The van der Waals surface area contributed by atoms with Gasteiger partial charge in [0.25, 0.3) is 10.0 Å². The van der Waals surface area contributed by atoms with Gasteiger partial charge in [-0.1, -0.05) is 62.7 Å². The van der Waals surface area contributed by atoms with Gasteiger partial charge < -0.3 is 0 Å². The first-order valence-electron chi connectivity index (χ1n) is 8.52. The van der Waals surface area contributed by atoms with E-state index in [4.69, 9.17) is 0 Å². The number of anilines is 1. The Kier molecular flexibility index (Phi) is 5.18. The van der Waals surface area contributed by atoms with Gasteiger partial charge >= 0.3 is 0 Å². The number of nitrogens with one attached hydrogen (secondary N) is 2. The van der Waals surface area contributed by atoms with Gasteiger partial charge in [-0.2, -0.15) is 5.10 Å². The van der Waals surface area contributed by atoms with Crippen molar-refractivity contribution in [3.63, 3.8) is 0 Å². The fourth-order valence-corrected chi connectivity index (χ4v) is 4.28. The van der Waals surface area contributed by atoms with Gasteiger partial charge in [-0.15, -0.1) is 0 Å². The SMILES string of the molecule is Cc1ccc(S(=O)(=O)Nc2n[nH]c(-c3ccc(C(C)(C)C)cc3)c2Br)cc1. The van der Waals surface area contributed by atoms with Crippen LogP contribution in [-0.4, -0.2) is 18.6 Å². The van der Waals surface area contributed by atoms with Crippen molar-refractivity contribution in [2.75, 3.05) is 4.72 Å². The van der Waals surface area contributed by atoms with E-state index in [2.05, 4.69) is 63.8 Å². The summed E-state index contributed by atoms with van der Waals surface area (Å²) in [6, 6.07) is 14.8. The molecule has 142 valence electrons. The standard InChI is InChI=1S/C20H22BrN3O2S/c1-13-5-11-16(12-6-13)27(25,26)24-19-17(21)18(22-23-19)14-7-9-15(10-8-14)20(2,3)4/h5-12H,1-4H3,(H2,22,23,24). The summed E-state index contributed by atoms with van der Waals surface area (Å²) in [6.07, 6.45) is 0. The molecule has 0 amide bonds. The average Bonchev–Trinajstić information content (AvgIpc) is 2.95. The first-order valence-corrected chi connectivity index (χ1v) is 10.8. The first-order chi connectivity index (χ1) is 12.6. The number of hydrogen-bond acceptors (Lipinski definition) is 3. The number of sulfonamides is 1. The van der Waals surface area contributed by atoms with E-state index >= 15 is 0 Å². The van der Waals surface area contributed by atoms with E-state index in [1.807, 2.05) is 19.1 Å². The minimum atomic E-state index is -3.71. The number of nitrogens with zero attached hydrogens (tertiary/aromatic N) is 1. The molecule has 0 saturated carbocycles. The molecule has 0 atom stereocenters. The van der Waals surface area contributed by atoms with Crippen LogP contribution < -0.4 is 4.72 Å². The van der Waals surface area contributed by atoms with Gasteiger partial charge in [0.15, 0.2) is 5.82 Å². The number of H-pyrrole nitrogens is 1. The number of benzene rings is 2. The Morgan fingerprint density at radius 1 is 1.00 bits per heavy atom.